The van der Waals surface area contributed by atoms with E-state index in [0.717, 1.165) is 10.0 Å². The minimum absolute atomic E-state index is 0.0632. The summed E-state index contributed by atoms with van der Waals surface area (Å²) in [4.78, 5) is 12.0. The molecule has 0 radical (unpaired) electrons. The summed E-state index contributed by atoms with van der Waals surface area (Å²) in [5.74, 6) is -0.304. The summed E-state index contributed by atoms with van der Waals surface area (Å²) in [7, 11) is 0. The normalized spacial score (nSPS) is 11.3. The van der Waals surface area contributed by atoms with Crippen LogP contribution in [0.5, 0.6) is 0 Å². The van der Waals surface area contributed by atoms with Crippen LogP contribution in [0.1, 0.15) is 25.0 Å². The Hall–Kier alpha value is -1.68. The molecule has 2 nitrogen and oxygen atoms in total. The molecule has 22 heavy (non-hydrogen) atoms. The van der Waals surface area contributed by atoms with Crippen molar-refractivity contribution >= 4 is 21.8 Å². The lowest BCUT2D eigenvalue weighted by Gasteiger charge is -2.26. The molecular weight excluding hydrogens is 345 g/mol. The van der Waals surface area contributed by atoms with Crippen molar-refractivity contribution in [3.8, 4) is 0 Å². The number of halogens is 2. The minimum Gasteiger partial charge on any atom is -0.355 e. The van der Waals surface area contributed by atoms with Crippen molar-refractivity contribution in [3.05, 3.63) is 69.9 Å². The van der Waals surface area contributed by atoms with Crippen LogP contribution in [-0.2, 0) is 16.6 Å². The maximum absolute atomic E-state index is 13.9. The highest BCUT2D eigenvalue weighted by molar-refractivity contribution is 9.10. The standard InChI is InChI=1S/C18H19BrFNO/c1-18(2,15-5-3-4-6-16(15)20)12-21-17(22)11-13-7-9-14(19)10-8-13/h3-10H,11-12H2,1-2H3,(H,21,22). The second-order valence-corrected chi connectivity index (χ2v) is 6.86. The van der Waals surface area contributed by atoms with Crippen LogP contribution in [-0.4, -0.2) is 12.5 Å². The van der Waals surface area contributed by atoms with Gasteiger partial charge in [0.15, 0.2) is 0 Å². The molecule has 0 saturated heterocycles. The van der Waals surface area contributed by atoms with Crippen LogP contribution < -0.4 is 5.32 Å². The number of amides is 1. The van der Waals surface area contributed by atoms with Gasteiger partial charge in [-0.3, -0.25) is 4.79 Å². The molecule has 0 spiro atoms. The highest BCUT2D eigenvalue weighted by Gasteiger charge is 2.24. The molecule has 2 aromatic carbocycles. The molecule has 0 aliphatic rings. The van der Waals surface area contributed by atoms with Crippen LogP contribution in [0.25, 0.3) is 0 Å². The van der Waals surface area contributed by atoms with Gasteiger partial charge in [-0.2, -0.15) is 0 Å². The molecule has 0 aromatic heterocycles. The van der Waals surface area contributed by atoms with E-state index in [1.807, 2.05) is 44.2 Å². The SMILES string of the molecule is CC(C)(CNC(=O)Cc1ccc(Br)cc1)c1ccccc1F. The van der Waals surface area contributed by atoms with Crippen LogP contribution in [0.4, 0.5) is 4.39 Å². The summed E-state index contributed by atoms with van der Waals surface area (Å²) >= 11 is 3.37. The van der Waals surface area contributed by atoms with Gasteiger partial charge in [-0.15, -0.1) is 0 Å². The third kappa shape index (κ3) is 4.41. The van der Waals surface area contributed by atoms with Crippen molar-refractivity contribution < 1.29 is 9.18 Å². The molecule has 1 amide bonds. The molecule has 0 aliphatic carbocycles. The average Bonchev–Trinajstić information content (AvgIpc) is 2.48. The molecule has 116 valence electrons. The predicted octanol–water partition coefficient (Wildman–Crippen LogP) is 4.22. The van der Waals surface area contributed by atoms with Gasteiger partial charge in [0, 0.05) is 16.4 Å². The van der Waals surface area contributed by atoms with Crippen molar-refractivity contribution in [1.82, 2.24) is 5.32 Å². The Morgan fingerprint density at radius 2 is 1.77 bits per heavy atom. The maximum Gasteiger partial charge on any atom is 0.224 e. The zero-order valence-corrected chi connectivity index (χ0v) is 14.3. The summed E-state index contributed by atoms with van der Waals surface area (Å²) in [5, 5.41) is 2.89. The van der Waals surface area contributed by atoms with E-state index in [0.29, 0.717) is 18.5 Å². The van der Waals surface area contributed by atoms with Crippen LogP contribution in [0.3, 0.4) is 0 Å². The number of rotatable bonds is 5. The van der Waals surface area contributed by atoms with E-state index in [9.17, 15) is 9.18 Å². The van der Waals surface area contributed by atoms with Gasteiger partial charge in [0.05, 0.1) is 6.42 Å². The second-order valence-electron chi connectivity index (χ2n) is 5.94. The molecule has 0 heterocycles. The fourth-order valence-electron chi connectivity index (χ4n) is 2.28. The highest BCUT2D eigenvalue weighted by Crippen LogP contribution is 2.24. The van der Waals surface area contributed by atoms with E-state index in [4.69, 9.17) is 0 Å². The van der Waals surface area contributed by atoms with Crippen molar-refractivity contribution in [1.29, 1.82) is 0 Å². The Labute approximate surface area is 138 Å². The van der Waals surface area contributed by atoms with Gasteiger partial charge in [-0.1, -0.05) is 60.1 Å². The van der Waals surface area contributed by atoms with E-state index in [-0.39, 0.29) is 11.7 Å². The fraction of sp³-hybridized carbons (Fsp3) is 0.278. The Bertz CT molecular complexity index is 652. The van der Waals surface area contributed by atoms with E-state index >= 15 is 0 Å². The fourth-order valence-corrected chi connectivity index (χ4v) is 2.54. The molecular formula is C18H19BrFNO. The van der Waals surface area contributed by atoms with Crippen LogP contribution in [0.15, 0.2) is 53.0 Å². The number of carbonyl (C=O) groups is 1. The van der Waals surface area contributed by atoms with Gasteiger partial charge in [0.1, 0.15) is 5.82 Å². The lowest BCUT2D eigenvalue weighted by atomic mass is 9.84. The van der Waals surface area contributed by atoms with Gasteiger partial charge >= 0.3 is 0 Å². The van der Waals surface area contributed by atoms with Crippen molar-refractivity contribution in [2.24, 2.45) is 0 Å². The number of carbonyl (C=O) groups excluding carboxylic acids is 1. The zero-order chi connectivity index (χ0) is 16.2. The summed E-state index contributed by atoms with van der Waals surface area (Å²) in [6.45, 7) is 4.24. The molecule has 0 aliphatic heterocycles. The minimum atomic E-state index is -0.458. The first-order chi connectivity index (χ1) is 10.4. The molecule has 2 rings (SSSR count). The molecule has 1 N–H and O–H groups in total. The number of hydrogen-bond donors (Lipinski definition) is 1. The smallest absolute Gasteiger partial charge is 0.224 e. The highest BCUT2D eigenvalue weighted by atomic mass is 79.9. The van der Waals surface area contributed by atoms with Gasteiger partial charge in [0.2, 0.25) is 5.91 Å². The van der Waals surface area contributed by atoms with Gasteiger partial charge in [-0.05, 0) is 29.3 Å². The first-order valence-electron chi connectivity index (χ1n) is 7.15. The summed E-state index contributed by atoms with van der Waals surface area (Å²) < 4.78 is 14.9. The molecule has 0 unspecified atom stereocenters. The summed E-state index contributed by atoms with van der Waals surface area (Å²) in [5.41, 5.74) is 1.10. The van der Waals surface area contributed by atoms with Crippen LogP contribution in [0, 0.1) is 5.82 Å². The Morgan fingerprint density at radius 1 is 1.14 bits per heavy atom. The molecule has 0 bridgehead atoms. The Kier molecular flexibility index (Phi) is 5.35. The van der Waals surface area contributed by atoms with Gasteiger partial charge < -0.3 is 5.32 Å². The molecule has 2 aromatic rings. The third-order valence-corrected chi connectivity index (χ3v) is 4.14. The third-order valence-electron chi connectivity index (χ3n) is 3.61. The lowest BCUT2D eigenvalue weighted by Crippen LogP contribution is -2.37. The van der Waals surface area contributed by atoms with Crippen LogP contribution >= 0.6 is 15.9 Å². The first-order valence-corrected chi connectivity index (χ1v) is 7.94. The average molecular weight is 364 g/mol. The van der Waals surface area contributed by atoms with E-state index in [2.05, 4.69) is 21.2 Å². The van der Waals surface area contributed by atoms with Gasteiger partial charge in [0.25, 0.3) is 0 Å². The quantitative estimate of drug-likeness (QED) is 0.846. The topological polar surface area (TPSA) is 29.1 Å². The number of nitrogens with one attached hydrogen (secondary N) is 1. The van der Waals surface area contributed by atoms with Crippen molar-refractivity contribution in [2.75, 3.05) is 6.54 Å². The molecule has 0 saturated carbocycles. The Balaban J connectivity index is 1.95. The molecule has 0 atom stereocenters. The van der Waals surface area contributed by atoms with E-state index in [1.165, 1.54) is 6.07 Å². The van der Waals surface area contributed by atoms with Gasteiger partial charge in [-0.25, -0.2) is 4.39 Å². The second kappa shape index (κ2) is 7.05. The monoisotopic (exact) mass is 363 g/mol. The predicted molar refractivity (Wildman–Crippen MR) is 90.3 cm³/mol. The zero-order valence-electron chi connectivity index (χ0n) is 12.7. The number of hydrogen-bond acceptors (Lipinski definition) is 1. The lowest BCUT2D eigenvalue weighted by molar-refractivity contribution is -0.120. The van der Waals surface area contributed by atoms with Crippen LogP contribution in [0.2, 0.25) is 0 Å². The van der Waals surface area contributed by atoms with E-state index in [1.54, 1.807) is 12.1 Å². The molecule has 4 heteroatoms. The van der Waals surface area contributed by atoms with Crippen molar-refractivity contribution in [2.45, 2.75) is 25.7 Å². The number of benzene rings is 2. The van der Waals surface area contributed by atoms with Crippen molar-refractivity contribution in [3.63, 3.8) is 0 Å². The molecule has 0 fully saturated rings. The summed E-state index contributed by atoms with van der Waals surface area (Å²) in [6.07, 6.45) is 0.320. The Morgan fingerprint density at radius 3 is 2.41 bits per heavy atom. The first kappa shape index (κ1) is 16.7. The largest absolute Gasteiger partial charge is 0.355 e. The van der Waals surface area contributed by atoms with E-state index < -0.39 is 5.41 Å². The maximum atomic E-state index is 13.9. The summed E-state index contributed by atoms with van der Waals surface area (Å²) in [6, 6.07) is 14.3.